The Labute approximate surface area is 112 Å². The molecule has 0 unspecified atom stereocenters. The van der Waals surface area contributed by atoms with E-state index in [9.17, 15) is 9.59 Å². The molecule has 0 aromatic heterocycles. The molecule has 5 nitrogen and oxygen atoms in total. The molecule has 1 aliphatic rings. The van der Waals surface area contributed by atoms with Gasteiger partial charge in [0, 0.05) is 0 Å². The lowest BCUT2D eigenvalue weighted by Gasteiger charge is -2.20. The molecule has 1 aliphatic heterocycles. The highest BCUT2D eigenvalue weighted by molar-refractivity contribution is 5.79. The molecular weight excluding hydrogens is 246 g/mol. The first-order valence-electron chi connectivity index (χ1n) is 6.35. The van der Waals surface area contributed by atoms with Crippen molar-refractivity contribution in [2.24, 2.45) is 5.92 Å². The maximum Gasteiger partial charge on any atom is 0.443 e. The Bertz CT molecular complexity index is 460. The van der Waals surface area contributed by atoms with Crippen molar-refractivity contribution in [1.82, 2.24) is 5.06 Å². The first kappa shape index (κ1) is 13.4. The van der Waals surface area contributed by atoms with E-state index in [0.717, 1.165) is 10.6 Å². The third-order valence-electron chi connectivity index (χ3n) is 3.24. The molecule has 1 amide bonds. The second-order valence-corrected chi connectivity index (χ2v) is 4.54. The van der Waals surface area contributed by atoms with E-state index >= 15 is 0 Å². The normalized spacial score (nSPS) is 22.2. The number of hydroxylamine groups is 2. The van der Waals surface area contributed by atoms with Gasteiger partial charge < -0.3 is 9.57 Å². The van der Waals surface area contributed by atoms with Gasteiger partial charge >= 0.3 is 12.1 Å². The maximum atomic E-state index is 11.9. The summed E-state index contributed by atoms with van der Waals surface area (Å²) in [5.74, 6) is -0.696. The van der Waals surface area contributed by atoms with Crippen LogP contribution in [0.15, 0.2) is 30.3 Å². The van der Waals surface area contributed by atoms with Crippen molar-refractivity contribution in [1.29, 1.82) is 0 Å². The van der Waals surface area contributed by atoms with Crippen molar-refractivity contribution in [3.8, 4) is 0 Å². The fourth-order valence-corrected chi connectivity index (χ4v) is 2.08. The number of benzene rings is 1. The second kappa shape index (κ2) is 5.73. The summed E-state index contributed by atoms with van der Waals surface area (Å²) >= 11 is 0. The standard InChI is InChI=1S/C14H17NO4/c1-3-12-10(2)13(16)19-15(12)14(17)18-9-11-7-5-4-6-8-11/h4-8,10,12H,3,9H2,1-2H3/t10-,12+/m1/s1. The number of rotatable bonds is 3. The van der Waals surface area contributed by atoms with Crippen molar-refractivity contribution in [3.05, 3.63) is 35.9 Å². The summed E-state index contributed by atoms with van der Waals surface area (Å²) in [6.07, 6.45) is 0.0290. The molecule has 0 saturated carbocycles. The SMILES string of the molecule is CC[C@H]1[C@@H](C)C(=O)ON1C(=O)OCc1ccccc1. The number of amides is 1. The predicted octanol–water partition coefficient (Wildman–Crippen LogP) is 2.51. The van der Waals surface area contributed by atoms with Gasteiger partial charge in [-0.05, 0) is 18.9 Å². The van der Waals surface area contributed by atoms with Crippen molar-refractivity contribution >= 4 is 12.1 Å². The third-order valence-corrected chi connectivity index (χ3v) is 3.24. The van der Waals surface area contributed by atoms with Crippen LogP contribution in [0.3, 0.4) is 0 Å². The van der Waals surface area contributed by atoms with E-state index < -0.39 is 6.09 Å². The molecular formula is C14H17NO4. The van der Waals surface area contributed by atoms with E-state index in [0.29, 0.717) is 6.42 Å². The van der Waals surface area contributed by atoms with E-state index in [-0.39, 0.29) is 24.5 Å². The summed E-state index contributed by atoms with van der Waals surface area (Å²) in [5, 5.41) is 1.05. The van der Waals surface area contributed by atoms with Crippen LogP contribution in [0.4, 0.5) is 4.79 Å². The monoisotopic (exact) mass is 263 g/mol. The van der Waals surface area contributed by atoms with Crippen LogP contribution in [0.2, 0.25) is 0 Å². The van der Waals surface area contributed by atoms with Crippen LogP contribution in [0.25, 0.3) is 0 Å². The number of hydrogen-bond acceptors (Lipinski definition) is 4. The fourth-order valence-electron chi connectivity index (χ4n) is 2.08. The van der Waals surface area contributed by atoms with Crippen molar-refractivity contribution in [2.75, 3.05) is 0 Å². The van der Waals surface area contributed by atoms with Crippen LogP contribution in [0.1, 0.15) is 25.8 Å². The highest BCUT2D eigenvalue weighted by atomic mass is 16.8. The van der Waals surface area contributed by atoms with Crippen molar-refractivity contribution in [2.45, 2.75) is 32.9 Å². The van der Waals surface area contributed by atoms with Gasteiger partial charge in [-0.15, -0.1) is 5.06 Å². The number of ether oxygens (including phenoxy) is 1. The highest BCUT2D eigenvalue weighted by Gasteiger charge is 2.43. The Hall–Kier alpha value is -2.04. The van der Waals surface area contributed by atoms with Gasteiger partial charge in [0.25, 0.3) is 0 Å². The Morgan fingerprint density at radius 2 is 2.05 bits per heavy atom. The molecule has 2 atom stereocenters. The van der Waals surface area contributed by atoms with E-state index in [4.69, 9.17) is 9.57 Å². The summed E-state index contributed by atoms with van der Waals surface area (Å²) in [6, 6.07) is 9.11. The Morgan fingerprint density at radius 1 is 1.37 bits per heavy atom. The van der Waals surface area contributed by atoms with Crippen LogP contribution in [-0.2, 0) is 21.0 Å². The lowest BCUT2D eigenvalue weighted by Crippen LogP contribution is -2.36. The van der Waals surface area contributed by atoms with Gasteiger partial charge in [-0.2, -0.15) is 0 Å². The van der Waals surface area contributed by atoms with Crippen molar-refractivity contribution < 1.29 is 19.2 Å². The molecule has 0 radical (unpaired) electrons. The minimum Gasteiger partial charge on any atom is -0.442 e. The van der Waals surface area contributed by atoms with Gasteiger partial charge in [-0.25, -0.2) is 9.59 Å². The zero-order valence-electron chi connectivity index (χ0n) is 11.0. The molecule has 1 fully saturated rings. The summed E-state index contributed by atoms with van der Waals surface area (Å²) in [7, 11) is 0. The zero-order valence-corrected chi connectivity index (χ0v) is 11.0. The molecule has 2 rings (SSSR count). The molecule has 1 saturated heterocycles. The summed E-state index contributed by atoms with van der Waals surface area (Å²) in [5.41, 5.74) is 0.891. The lowest BCUT2D eigenvalue weighted by atomic mass is 10.0. The van der Waals surface area contributed by atoms with E-state index in [1.54, 1.807) is 6.92 Å². The molecule has 0 N–H and O–H groups in total. The fraction of sp³-hybridized carbons (Fsp3) is 0.429. The molecule has 19 heavy (non-hydrogen) atoms. The largest absolute Gasteiger partial charge is 0.443 e. The molecule has 1 heterocycles. The average Bonchev–Trinajstić information content (AvgIpc) is 2.73. The zero-order chi connectivity index (χ0) is 13.8. The van der Waals surface area contributed by atoms with Crippen molar-refractivity contribution in [3.63, 3.8) is 0 Å². The minimum atomic E-state index is -0.617. The molecule has 0 aliphatic carbocycles. The van der Waals surface area contributed by atoms with E-state index in [2.05, 4.69) is 0 Å². The van der Waals surface area contributed by atoms with Gasteiger partial charge in [-0.1, -0.05) is 37.3 Å². The van der Waals surface area contributed by atoms with E-state index in [1.807, 2.05) is 37.3 Å². The van der Waals surface area contributed by atoms with Gasteiger partial charge in [-0.3, -0.25) is 0 Å². The topological polar surface area (TPSA) is 55.8 Å². The molecule has 0 bridgehead atoms. The third kappa shape index (κ3) is 2.86. The van der Waals surface area contributed by atoms with Gasteiger partial charge in [0.15, 0.2) is 0 Å². The summed E-state index contributed by atoms with van der Waals surface area (Å²) in [6.45, 7) is 3.82. The number of carbonyl (C=O) groups is 2. The van der Waals surface area contributed by atoms with E-state index in [1.165, 1.54) is 0 Å². The summed E-state index contributed by atoms with van der Waals surface area (Å²) in [4.78, 5) is 28.3. The van der Waals surface area contributed by atoms with Crippen LogP contribution in [0, 0.1) is 5.92 Å². The van der Waals surface area contributed by atoms with Crippen LogP contribution < -0.4 is 0 Å². The molecule has 1 aromatic carbocycles. The van der Waals surface area contributed by atoms with Gasteiger partial charge in [0.05, 0.1) is 12.0 Å². The van der Waals surface area contributed by atoms with Crippen LogP contribution in [0.5, 0.6) is 0 Å². The average molecular weight is 263 g/mol. The quantitative estimate of drug-likeness (QED) is 0.840. The molecule has 102 valence electrons. The minimum absolute atomic E-state index is 0.165. The Kier molecular flexibility index (Phi) is 4.04. The number of carbonyl (C=O) groups excluding carboxylic acids is 2. The summed E-state index contributed by atoms with van der Waals surface area (Å²) < 4.78 is 5.15. The van der Waals surface area contributed by atoms with Crippen LogP contribution >= 0.6 is 0 Å². The first-order chi connectivity index (χ1) is 9.13. The van der Waals surface area contributed by atoms with Crippen LogP contribution in [-0.4, -0.2) is 23.2 Å². The lowest BCUT2D eigenvalue weighted by molar-refractivity contribution is -0.168. The van der Waals surface area contributed by atoms with Gasteiger partial charge in [0.2, 0.25) is 0 Å². The molecule has 0 spiro atoms. The smallest absolute Gasteiger partial charge is 0.442 e. The molecule has 5 heteroatoms. The number of nitrogens with zero attached hydrogens (tertiary/aromatic N) is 1. The predicted molar refractivity (Wildman–Crippen MR) is 67.8 cm³/mol. The highest BCUT2D eigenvalue weighted by Crippen LogP contribution is 2.25. The van der Waals surface area contributed by atoms with Gasteiger partial charge in [0.1, 0.15) is 6.61 Å². The molecule has 1 aromatic rings. The Balaban J connectivity index is 1.95. The Morgan fingerprint density at radius 3 is 2.68 bits per heavy atom. The number of hydrogen-bond donors (Lipinski definition) is 0. The first-order valence-corrected chi connectivity index (χ1v) is 6.35. The second-order valence-electron chi connectivity index (χ2n) is 4.54. The maximum absolute atomic E-state index is 11.9.